The Morgan fingerprint density at radius 2 is 1.64 bits per heavy atom. The number of primary amides is 2. The molecule has 200 valence electrons. The van der Waals surface area contributed by atoms with E-state index in [2.05, 4.69) is 25.9 Å². The molecule has 5 atom stereocenters. The lowest BCUT2D eigenvalue weighted by atomic mass is 9.97. The minimum absolute atomic E-state index is 0.0813. The van der Waals surface area contributed by atoms with Gasteiger partial charge in [0.25, 0.3) is 0 Å². The summed E-state index contributed by atoms with van der Waals surface area (Å²) in [6, 6.07) is -5.09. The minimum atomic E-state index is -1.43. The van der Waals surface area contributed by atoms with Crippen LogP contribution >= 0.6 is 0 Å². The average Bonchev–Trinajstić information content (AvgIpc) is 3.31. The number of H-pyrrole nitrogens is 1. The first kappa shape index (κ1) is 30.0. The highest BCUT2D eigenvalue weighted by molar-refractivity contribution is 5.95. The Balaban J connectivity index is 3.09. The summed E-state index contributed by atoms with van der Waals surface area (Å²) in [6.07, 6.45) is 2.23. The SMILES string of the molecule is CCC(C)C(NC(=O)C(N)CC(N)=O)C(=O)NC(Cc1cnc[nH]1)C(=O)NC(CCC(N)=O)C(=O)O. The number of carbonyl (C=O) groups excluding carboxylic acids is 5. The van der Waals surface area contributed by atoms with E-state index in [0.29, 0.717) is 12.1 Å². The molecule has 0 saturated carbocycles. The fourth-order valence-corrected chi connectivity index (χ4v) is 3.17. The summed E-state index contributed by atoms with van der Waals surface area (Å²) in [5, 5.41) is 16.7. The highest BCUT2D eigenvalue weighted by Crippen LogP contribution is 2.10. The third kappa shape index (κ3) is 10.1. The summed E-state index contributed by atoms with van der Waals surface area (Å²) < 4.78 is 0. The number of rotatable bonds is 16. The number of aromatic nitrogens is 2. The van der Waals surface area contributed by atoms with E-state index in [-0.39, 0.29) is 19.3 Å². The van der Waals surface area contributed by atoms with Crippen LogP contribution in [0.5, 0.6) is 0 Å². The highest BCUT2D eigenvalue weighted by atomic mass is 16.4. The molecule has 1 aromatic rings. The van der Waals surface area contributed by atoms with Crippen molar-refractivity contribution in [3.05, 3.63) is 18.2 Å². The summed E-state index contributed by atoms with van der Waals surface area (Å²) >= 11 is 0. The Morgan fingerprint density at radius 3 is 2.14 bits per heavy atom. The molecule has 0 bridgehead atoms. The van der Waals surface area contributed by atoms with Crippen LogP contribution in [0.2, 0.25) is 0 Å². The summed E-state index contributed by atoms with van der Waals surface area (Å²) in [4.78, 5) is 78.9. The second-order valence-electron chi connectivity index (χ2n) is 8.40. The maximum atomic E-state index is 13.2. The normalized spacial score (nSPS) is 15.0. The second-order valence-corrected chi connectivity index (χ2v) is 8.40. The number of carboxylic acid groups (broad SMARTS) is 1. The van der Waals surface area contributed by atoms with Crippen molar-refractivity contribution in [3.8, 4) is 0 Å². The molecule has 36 heavy (non-hydrogen) atoms. The van der Waals surface area contributed by atoms with Gasteiger partial charge in [0, 0.05) is 24.7 Å². The van der Waals surface area contributed by atoms with Crippen molar-refractivity contribution in [1.82, 2.24) is 25.9 Å². The first-order valence-electron chi connectivity index (χ1n) is 11.3. The smallest absolute Gasteiger partial charge is 0.326 e. The summed E-state index contributed by atoms with van der Waals surface area (Å²) in [6.45, 7) is 3.48. The number of nitrogens with zero attached hydrogens (tertiary/aromatic N) is 1. The van der Waals surface area contributed by atoms with Crippen LogP contribution in [0.3, 0.4) is 0 Å². The van der Waals surface area contributed by atoms with E-state index in [4.69, 9.17) is 17.2 Å². The van der Waals surface area contributed by atoms with Crippen LogP contribution in [0, 0.1) is 5.92 Å². The molecule has 0 aliphatic carbocycles. The number of amides is 5. The van der Waals surface area contributed by atoms with E-state index >= 15 is 0 Å². The van der Waals surface area contributed by atoms with Crippen LogP contribution in [-0.2, 0) is 35.2 Å². The van der Waals surface area contributed by atoms with Crippen molar-refractivity contribution >= 4 is 35.5 Å². The number of hydrogen-bond donors (Lipinski definition) is 8. The van der Waals surface area contributed by atoms with Crippen molar-refractivity contribution in [1.29, 1.82) is 0 Å². The zero-order valence-corrected chi connectivity index (χ0v) is 20.2. The third-order valence-electron chi connectivity index (χ3n) is 5.46. The van der Waals surface area contributed by atoms with Gasteiger partial charge in [-0.1, -0.05) is 20.3 Å². The third-order valence-corrected chi connectivity index (χ3v) is 5.46. The van der Waals surface area contributed by atoms with Crippen LogP contribution in [0.4, 0.5) is 0 Å². The second kappa shape index (κ2) is 14.4. The van der Waals surface area contributed by atoms with E-state index in [9.17, 15) is 33.9 Å². The van der Waals surface area contributed by atoms with E-state index in [1.807, 2.05) is 0 Å². The van der Waals surface area contributed by atoms with Gasteiger partial charge >= 0.3 is 5.97 Å². The van der Waals surface area contributed by atoms with Gasteiger partial charge < -0.3 is 43.2 Å². The largest absolute Gasteiger partial charge is 0.480 e. The first-order valence-corrected chi connectivity index (χ1v) is 11.3. The minimum Gasteiger partial charge on any atom is -0.480 e. The number of imidazole rings is 1. The molecule has 0 fully saturated rings. The van der Waals surface area contributed by atoms with E-state index in [1.165, 1.54) is 12.5 Å². The number of aromatic amines is 1. The van der Waals surface area contributed by atoms with Gasteiger partial charge in [-0.3, -0.25) is 24.0 Å². The Hall–Kier alpha value is -4.01. The molecule has 0 saturated heterocycles. The molecule has 1 heterocycles. The summed E-state index contributed by atoms with van der Waals surface area (Å²) in [7, 11) is 0. The van der Waals surface area contributed by atoms with E-state index in [1.54, 1.807) is 13.8 Å². The molecule has 15 nitrogen and oxygen atoms in total. The maximum absolute atomic E-state index is 13.2. The lowest BCUT2D eigenvalue weighted by Crippen LogP contribution is -2.59. The number of hydrogen-bond acceptors (Lipinski definition) is 8. The van der Waals surface area contributed by atoms with Crippen molar-refractivity contribution in [2.45, 2.75) is 70.1 Å². The van der Waals surface area contributed by atoms with E-state index < -0.39 is 72.0 Å². The number of carboxylic acids is 1. The molecular weight excluding hydrogens is 476 g/mol. The molecule has 0 spiro atoms. The molecule has 1 aromatic heterocycles. The molecule has 15 heteroatoms. The fourth-order valence-electron chi connectivity index (χ4n) is 3.17. The fraction of sp³-hybridized carbons (Fsp3) is 0.571. The van der Waals surface area contributed by atoms with Crippen molar-refractivity contribution in [3.63, 3.8) is 0 Å². The van der Waals surface area contributed by atoms with Crippen molar-refractivity contribution < 1.29 is 33.9 Å². The van der Waals surface area contributed by atoms with E-state index in [0.717, 1.165) is 0 Å². The molecule has 0 radical (unpaired) electrons. The quantitative estimate of drug-likeness (QED) is 0.112. The predicted molar refractivity (Wildman–Crippen MR) is 125 cm³/mol. The zero-order valence-electron chi connectivity index (χ0n) is 20.2. The number of nitrogens with one attached hydrogen (secondary N) is 4. The first-order chi connectivity index (χ1) is 16.8. The topological polar surface area (TPSA) is 265 Å². The molecule has 0 aliphatic heterocycles. The van der Waals surface area contributed by atoms with Crippen LogP contribution in [-0.4, -0.2) is 74.7 Å². The number of carbonyl (C=O) groups is 6. The van der Waals surface area contributed by atoms with Crippen LogP contribution < -0.4 is 33.2 Å². The monoisotopic (exact) mass is 510 g/mol. The molecule has 5 unspecified atom stereocenters. The van der Waals surface area contributed by atoms with Gasteiger partial charge in [0.15, 0.2) is 0 Å². The molecule has 0 aromatic carbocycles. The van der Waals surface area contributed by atoms with Gasteiger partial charge in [-0.05, 0) is 12.3 Å². The Bertz CT molecular complexity index is 937. The number of aliphatic carboxylic acids is 1. The van der Waals surface area contributed by atoms with Crippen LogP contribution in [0.1, 0.15) is 45.2 Å². The lowest BCUT2D eigenvalue weighted by molar-refractivity contribution is -0.142. The van der Waals surface area contributed by atoms with Crippen molar-refractivity contribution in [2.24, 2.45) is 23.1 Å². The van der Waals surface area contributed by atoms with Gasteiger partial charge in [-0.25, -0.2) is 9.78 Å². The predicted octanol–water partition coefficient (Wildman–Crippen LogP) is -2.99. The lowest BCUT2D eigenvalue weighted by Gasteiger charge is -2.27. The van der Waals surface area contributed by atoms with Crippen molar-refractivity contribution in [2.75, 3.05) is 0 Å². The van der Waals surface area contributed by atoms with Gasteiger partial charge in [-0.15, -0.1) is 0 Å². The summed E-state index contributed by atoms with van der Waals surface area (Å²) in [5.41, 5.74) is 16.3. The number of nitrogens with two attached hydrogens (primary N) is 3. The van der Waals surface area contributed by atoms with Gasteiger partial charge in [0.2, 0.25) is 29.5 Å². The molecule has 11 N–H and O–H groups in total. The van der Waals surface area contributed by atoms with Gasteiger partial charge in [0.1, 0.15) is 18.1 Å². The Labute approximate surface area is 207 Å². The zero-order chi connectivity index (χ0) is 27.4. The maximum Gasteiger partial charge on any atom is 0.326 e. The molecular formula is C21H34N8O7. The standard InChI is InChI=1S/C21H34N8O7/c1-3-10(2)17(29-18(32)12(22)7-16(24)31)20(34)28-14(6-11-8-25-9-26-11)19(33)27-13(21(35)36)4-5-15(23)30/h8-10,12-14,17H,3-7,22H2,1-2H3,(H2,23,30)(H2,24,31)(H,25,26)(H,27,33)(H,28,34)(H,29,32)(H,35,36). The van der Waals surface area contributed by atoms with Gasteiger partial charge in [0.05, 0.1) is 18.8 Å². The van der Waals surface area contributed by atoms with Crippen LogP contribution in [0.25, 0.3) is 0 Å². The Kier molecular flexibility index (Phi) is 12.0. The highest BCUT2D eigenvalue weighted by Gasteiger charge is 2.33. The summed E-state index contributed by atoms with van der Waals surface area (Å²) in [5.74, 6) is -5.65. The Morgan fingerprint density at radius 1 is 1.00 bits per heavy atom. The average molecular weight is 511 g/mol. The van der Waals surface area contributed by atoms with Gasteiger partial charge in [-0.2, -0.15) is 0 Å². The molecule has 0 aliphatic rings. The molecule has 5 amide bonds. The van der Waals surface area contributed by atoms with Crippen LogP contribution in [0.15, 0.2) is 12.5 Å². The molecule has 1 rings (SSSR count).